The molecule has 2 rings (SSSR count). The maximum Gasteiger partial charge on any atom is 0.338 e. The predicted molar refractivity (Wildman–Crippen MR) is 82.6 cm³/mol. The maximum atomic E-state index is 11.9. The summed E-state index contributed by atoms with van der Waals surface area (Å²) < 4.78 is 6.71. The predicted octanol–water partition coefficient (Wildman–Crippen LogP) is 2.16. The monoisotopic (exact) mass is 317 g/mol. The Morgan fingerprint density at radius 2 is 2.13 bits per heavy atom. The quantitative estimate of drug-likeness (QED) is 0.786. The number of aliphatic carboxylic acids is 1. The highest BCUT2D eigenvalue weighted by Crippen LogP contribution is 2.15. The van der Waals surface area contributed by atoms with Gasteiger partial charge in [-0.25, -0.2) is 9.48 Å². The number of hydrogen-bond acceptors (Lipinski definition) is 5. The van der Waals surface area contributed by atoms with E-state index in [1.54, 1.807) is 28.9 Å². The van der Waals surface area contributed by atoms with E-state index in [0.717, 1.165) is 12.1 Å². The van der Waals surface area contributed by atoms with Crippen LogP contribution in [0.1, 0.15) is 41.5 Å². The van der Waals surface area contributed by atoms with Crippen LogP contribution in [0.4, 0.5) is 0 Å². The van der Waals surface area contributed by atoms with Crippen LogP contribution in [-0.4, -0.2) is 38.6 Å². The molecule has 1 N–H and O–H groups in total. The number of aryl methyl sites for hydroxylation is 1. The summed E-state index contributed by atoms with van der Waals surface area (Å²) in [4.78, 5) is 22.6. The number of carboxylic acids is 1. The van der Waals surface area contributed by atoms with E-state index in [9.17, 15) is 9.59 Å². The summed E-state index contributed by atoms with van der Waals surface area (Å²) in [6, 6.07) is 6.91. The minimum atomic E-state index is -0.875. The van der Waals surface area contributed by atoms with Gasteiger partial charge in [-0.1, -0.05) is 18.2 Å². The van der Waals surface area contributed by atoms with Crippen LogP contribution in [0.15, 0.2) is 24.3 Å². The lowest BCUT2D eigenvalue weighted by Gasteiger charge is -2.07. The van der Waals surface area contributed by atoms with E-state index in [0.29, 0.717) is 30.0 Å². The van der Waals surface area contributed by atoms with Crippen LogP contribution in [0.3, 0.4) is 0 Å². The van der Waals surface area contributed by atoms with E-state index in [-0.39, 0.29) is 12.4 Å². The van der Waals surface area contributed by atoms with Gasteiger partial charge in [0.15, 0.2) is 0 Å². The summed E-state index contributed by atoms with van der Waals surface area (Å²) >= 11 is 0. The van der Waals surface area contributed by atoms with E-state index in [4.69, 9.17) is 9.84 Å². The zero-order valence-corrected chi connectivity index (χ0v) is 13.2. The molecule has 7 nitrogen and oxygen atoms in total. The number of rotatable bonds is 7. The molecule has 1 aromatic carbocycles. The van der Waals surface area contributed by atoms with Gasteiger partial charge in [-0.3, -0.25) is 4.79 Å². The molecule has 0 radical (unpaired) electrons. The molecule has 0 aliphatic rings. The number of nitrogens with zero attached hydrogens (tertiary/aromatic N) is 3. The van der Waals surface area contributed by atoms with Crippen LogP contribution in [0.25, 0.3) is 5.69 Å². The second-order valence-corrected chi connectivity index (χ2v) is 5.11. The third-order valence-electron chi connectivity index (χ3n) is 3.33. The molecule has 2 aromatic rings. The molecule has 0 amide bonds. The smallest absolute Gasteiger partial charge is 0.338 e. The molecule has 0 spiro atoms. The Hall–Kier alpha value is -2.70. The average molecular weight is 317 g/mol. The third-order valence-corrected chi connectivity index (χ3v) is 3.33. The fourth-order valence-electron chi connectivity index (χ4n) is 2.10. The van der Waals surface area contributed by atoms with Crippen LogP contribution >= 0.6 is 0 Å². The van der Waals surface area contributed by atoms with Crippen molar-refractivity contribution in [1.82, 2.24) is 15.0 Å². The normalized spacial score (nSPS) is 10.5. The van der Waals surface area contributed by atoms with E-state index in [1.165, 1.54) is 0 Å². The van der Waals surface area contributed by atoms with Crippen molar-refractivity contribution in [1.29, 1.82) is 0 Å². The number of ether oxygens (including phenoxy) is 1. The zero-order valence-electron chi connectivity index (χ0n) is 13.2. The molecule has 0 bridgehead atoms. The van der Waals surface area contributed by atoms with Crippen molar-refractivity contribution in [2.45, 2.75) is 33.1 Å². The summed E-state index contributed by atoms with van der Waals surface area (Å²) in [7, 11) is 0. The molecule has 0 fully saturated rings. The molecule has 1 heterocycles. The van der Waals surface area contributed by atoms with Crippen LogP contribution in [0.5, 0.6) is 0 Å². The van der Waals surface area contributed by atoms with E-state index in [2.05, 4.69) is 10.3 Å². The summed E-state index contributed by atoms with van der Waals surface area (Å²) in [5.41, 5.74) is 2.51. The van der Waals surface area contributed by atoms with Crippen molar-refractivity contribution >= 4 is 11.9 Å². The lowest BCUT2D eigenvalue weighted by atomic mass is 10.2. The molecule has 23 heavy (non-hydrogen) atoms. The average Bonchev–Trinajstić information content (AvgIpc) is 2.91. The molecular formula is C16H19N3O4. The molecule has 0 aliphatic carbocycles. The highest BCUT2D eigenvalue weighted by molar-refractivity contribution is 5.90. The molecular weight excluding hydrogens is 298 g/mol. The van der Waals surface area contributed by atoms with Crippen LogP contribution in [-0.2, 0) is 16.0 Å². The first-order valence-corrected chi connectivity index (χ1v) is 7.43. The van der Waals surface area contributed by atoms with E-state index < -0.39 is 5.97 Å². The first-order chi connectivity index (χ1) is 11.0. The molecule has 0 saturated carbocycles. The Kier molecular flexibility index (Phi) is 5.46. The van der Waals surface area contributed by atoms with Gasteiger partial charge in [0.05, 0.1) is 35.7 Å². The SMILES string of the molecule is CCCOC(=O)c1cccc(-n2nnc(CCC(=O)O)c2C)c1. The Balaban J connectivity index is 2.22. The molecule has 0 aliphatic heterocycles. The minimum absolute atomic E-state index is 0.00289. The van der Waals surface area contributed by atoms with Crippen molar-refractivity contribution in [3.05, 3.63) is 41.2 Å². The van der Waals surface area contributed by atoms with Gasteiger partial charge < -0.3 is 9.84 Å². The summed E-state index contributed by atoms with van der Waals surface area (Å²) in [6.45, 7) is 4.13. The fraction of sp³-hybridized carbons (Fsp3) is 0.375. The van der Waals surface area contributed by atoms with E-state index >= 15 is 0 Å². The molecule has 0 saturated heterocycles. The second-order valence-electron chi connectivity index (χ2n) is 5.11. The first kappa shape index (κ1) is 16.7. The van der Waals surface area contributed by atoms with Gasteiger partial charge in [-0.15, -0.1) is 5.10 Å². The van der Waals surface area contributed by atoms with Crippen molar-refractivity contribution in [2.24, 2.45) is 0 Å². The van der Waals surface area contributed by atoms with Crippen molar-refractivity contribution in [3.63, 3.8) is 0 Å². The number of benzene rings is 1. The Morgan fingerprint density at radius 1 is 1.35 bits per heavy atom. The number of carbonyl (C=O) groups excluding carboxylic acids is 1. The Bertz CT molecular complexity index is 709. The molecule has 122 valence electrons. The number of carboxylic acid groups (broad SMARTS) is 1. The van der Waals surface area contributed by atoms with Crippen molar-refractivity contribution < 1.29 is 19.4 Å². The lowest BCUT2D eigenvalue weighted by Crippen LogP contribution is -2.07. The van der Waals surface area contributed by atoms with Gasteiger partial charge in [0, 0.05) is 6.42 Å². The van der Waals surface area contributed by atoms with Crippen LogP contribution < -0.4 is 0 Å². The molecule has 1 aromatic heterocycles. The molecule has 0 atom stereocenters. The largest absolute Gasteiger partial charge is 0.481 e. The van der Waals surface area contributed by atoms with Gasteiger partial charge in [0.2, 0.25) is 0 Å². The van der Waals surface area contributed by atoms with Gasteiger partial charge >= 0.3 is 11.9 Å². The zero-order chi connectivity index (χ0) is 16.8. The standard InChI is InChI=1S/C16H19N3O4/c1-3-9-23-16(22)12-5-4-6-13(10-12)19-11(2)14(17-18-19)7-8-15(20)21/h4-6,10H,3,7-9H2,1-2H3,(H,20,21). The minimum Gasteiger partial charge on any atom is -0.481 e. The van der Waals surface area contributed by atoms with Crippen molar-refractivity contribution in [2.75, 3.05) is 6.61 Å². The first-order valence-electron chi connectivity index (χ1n) is 7.43. The number of carbonyl (C=O) groups is 2. The van der Waals surface area contributed by atoms with Gasteiger partial charge in [-0.2, -0.15) is 0 Å². The highest BCUT2D eigenvalue weighted by Gasteiger charge is 2.13. The van der Waals surface area contributed by atoms with Crippen molar-refractivity contribution in [3.8, 4) is 5.69 Å². The lowest BCUT2D eigenvalue weighted by molar-refractivity contribution is -0.136. The van der Waals surface area contributed by atoms with Crippen LogP contribution in [0, 0.1) is 6.92 Å². The topological polar surface area (TPSA) is 94.3 Å². The number of hydrogen-bond donors (Lipinski definition) is 1. The van der Waals surface area contributed by atoms with Gasteiger partial charge in [0.1, 0.15) is 0 Å². The molecule has 0 unspecified atom stereocenters. The van der Waals surface area contributed by atoms with E-state index in [1.807, 2.05) is 13.8 Å². The second kappa shape index (κ2) is 7.53. The van der Waals surface area contributed by atoms with Gasteiger partial charge in [-0.05, 0) is 31.5 Å². The number of aromatic nitrogens is 3. The summed E-state index contributed by atoms with van der Waals surface area (Å²) in [5.74, 6) is -1.25. The third kappa shape index (κ3) is 4.15. The fourth-order valence-corrected chi connectivity index (χ4v) is 2.10. The maximum absolute atomic E-state index is 11.9. The van der Waals surface area contributed by atoms with Gasteiger partial charge in [0.25, 0.3) is 0 Å². The number of esters is 1. The summed E-state index contributed by atoms with van der Waals surface area (Å²) in [5, 5.41) is 16.8. The van der Waals surface area contributed by atoms with Crippen LogP contribution in [0.2, 0.25) is 0 Å². The highest BCUT2D eigenvalue weighted by atomic mass is 16.5. The Labute approximate surface area is 133 Å². The molecule has 7 heteroatoms. The summed E-state index contributed by atoms with van der Waals surface area (Å²) in [6.07, 6.45) is 1.09. The Morgan fingerprint density at radius 3 is 2.83 bits per heavy atom.